The Labute approximate surface area is 93.6 Å². The molecular weight excluding hydrogens is 219 g/mol. The van der Waals surface area contributed by atoms with Crippen molar-refractivity contribution < 1.29 is 0 Å². The molecule has 4 heteroatoms. The molecule has 0 atom stereocenters. The van der Waals surface area contributed by atoms with E-state index < -0.39 is 0 Å². The maximum atomic E-state index is 5.78. The molecule has 0 bridgehead atoms. The molecule has 1 rings (SSSR count). The minimum atomic E-state index is 0.312. The van der Waals surface area contributed by atoms with Gasteiger partial charge in [-0.05, 0) is 13.1 Å². The fourth-order valence-electron chi connectivity index (χ4n) is 0.842. The Balaban J connectivity index is 2.66. The molecule has 1 aromatic rings. The van der Waals surface area contributed by atoms with E-state index in [0.29, 0.717) is 10.2 Å². The third-order valence-electron chi connectivity index (χ3n) is 1.53. The summed E-state index contributed by atoms with van der Waals surface area (Å²) in [6, 6.07) is 1.71. The highest BCUT2D eigenvalue weighted by atomic mass is 35.5. The Morgan fingerprint density at radius 3 is 2.93 bits per heavy atom. The van der Waals surface area contributed by atoms with E-state index in [1.54, 1.807) is 12.3 Å². The first-order valence-electron chi connectivity index (χ1n) is 4.18. The molecule has 0 spiro atoms. The van der Waals surface area contributed by atoms with Crippen LogP contribution in [0.3, 0.4) is 0 Å². The van der Waals surface area contributed by atoms with Crippen molar-refractivity contribution in [3.63, 3.8) is 0 Å². The fourth-order valence-corrected chi connectivity index (χ4v) is 1.11. The van der Waals surface area contributed by atoms with Gasteiger partial charge < -0.3 is 5.32 Å². The zero-order chi connectivity index (χ0) is 10.4. The molecule has 0 amide bonds. The van der Waals surface area contributed by atoms with Gasteiger partial charge in [-0.15, -0.1) is 0 Å². The molecule has 0 saturated carbocycles. The largest absolute Gasteiger partial charge is 0.319 e. The lowest BCUT2D eigenvalue weighted by atomic mass is 10.3. The Kier molecular flexibility index (Phi) is 4.75. The van der Waals surface area contributed by atoms with E-state index in [1.807, 2.05) is 7.05 Å². The first-order valence-corrected chi connectivity index (χ1v) is 4.94. The second-order valence-electron chi connectivity index (χ2n) is 2.65. The second-order valence-corrected chi connectivity index (χ2v) is 3.42. The molecule has 0 aliphatic rings. The van der Waals surface area contributed by atoms with Gasteiger partial charge in [0.1, 0.15) is 5.15 Å². The molecule has 14 heavy (non-hydrogen) atoms. The van der Waals surface area contributed by atoms with Crippen molar-refractivity contribution in [2.75, 3.05) is 13.6 Å². The van der Waals surface area contributed by atoms with Crippen molar-refractivity contribution in [2.45, 2.75) is 6.42 Å². The van der Waals surface area contributed by atoms with Gasteiger partial charge in [0.15, 0.2) is 0 Å². The Hall–Kier alpha value is -0.750. The standard InChI is InChI=1S/C10H10Cl2N2/c1-13-5-3-2-4-8-6-9(11)10(12)14-7-8/h6-7,13H,3,5H2,1H3. The molecule has 0 aliphatic carbocycles. The summed E-state index contributed by atoms with van der Waals surface area (Å²) in [5.41, 5.74) is 0.788. The summed E-state index contributed by atoms with van der Waals surface area (Å²) in [5, 5.41) is 3.76. The van der Waals surface area contributed by atoms with Crippen LogP contribution in [0.1, 0.15) is 12.0 Å². The second kappa shape index (κ2) is 5.87. The van der Waals surface area contributed by atoms with Crippen molar-refractivity contribution in [2.24, 2.45) is 0 Å². The molecule has 0 unspecified atom stereocenters. The van der Waals surface area contributed by atoms with Crippen LogP contribution in [0.4, 0.5) is 0 Å². The summed E-state index contributed by atoms with van der Waals surface area (Å²) in [6.07, 6.45) is 2.41. The van der Waals surface area contributed by atoms with Gasteiger partial charge in [-0.1, -0.05) is 35.0 Å². The van der Waals surface area contributed by atoms with Crippen LogP contribution >= 0.6 is 23.2 Å². The van der Waals surface area contributed by atoms with E-state index in [-0.39, 0.29) is 0 Å². The van der Waals surface area contributed by atoms with E-state index in [9.17, 15) is 0 Å². The quantitative estimate of drug-likeness (QED) is 0.478. The summed E-state index contributed by atoms with van der Waals surface area (Å²) in [4.78, 5) is 3.89. The van der Waals surface area contributed by atoms with E-state index >= 15 is 0 Å². The van der Waals surface area contributed by atoms with Crippen LogP contribution in [0.5, 0.6) is 0 Å². The molecule has 1 N–H and O–H groups in total. The van der Waals surface area contributed by atoms with E-state index in [0.717, 1.165) is 18.5 Å². The highest BCUT2D eigenvalue weighted by molar-refractivity contribution is 6.41. The molecule has 0 radical (unpaired) electrons. The zero-order valence-corrected chi connectivity index (χ0v) is 9.28. The smallest absolute Gasteiger partial charge is 0.147 e. The lowest BCUT2D eigenvalue weighted by Gasteiger charge is -1.94. The Morgan fingerprint density at radius 1 is 1.50 bits per heavy atom. The minimum Gasteiger partial charge on any atom is -0.319 e. The van der Waals surface area contributed by atoms with Gasteiger partial charge in [-0.2, -0.15) is 0 Å². The first kappa shape index (κ1) is 11.3. The van der Waals surface area contributed by atoms with Crippen LogP contribution in [0.15, 0.2) is 12.3 Å². The lowest BCUT2D eigenvalue weighted by Crippen LogP contribution is -2.05. The van der Waals surface area contributed by atoms with Crippen molar-refractivity contribution in [1.82, 2.24) is 10.3 Å². The summed E-state index contributed by atoms with van der Waals surface area (Å²) < 4.78 is 0. The van der Waals surface area contributed by atoms with Crippen molar-refractivity contribution in [1.29, 1.82) is 0 Å². The molecule has 2 nitrogen and oxygen atoms in total. The molecule has 0 aromatic carbocycles. The normalized spacial score (nSPS) is 9.36. The van der Waals surface area contributed by atoms with Gasteiger partial charge in [-0.3, -0.25) is 0 Å². The van der Waals surface area contributed by atoms with Crippen LogP contribution in [0.25, 0.3) is 0 Å². The predicted molar refractivity (Wildman–Crippen MR) is 59.7 cm³/mol. The molecular formula is C10H10Cl2N2. The van der Waals surface area contributed by atoms with Gasteiger partial charge >= 0.3 is 0 Å². The molecule has 0 aliphatic heterocycles. The van der Waals surface area contributed by atoms with Gasteiger partial charge in [-0.25, -0.2) is 4.98 Å². The first-order chi connectivity index (χ1) is 6.74. The number of aromatic nitrogens is 1. The number of hydrogen-bond donors (Lipinski definition) is 1. The molecule has 74 valence electrons. The molecule has 1 heterocycles. The third kappa shape index (κ3) is 3.55. The van der Waals surface area contributed by atoms with Crippen LogP contribution < -0.4 is 5.32 Å². The molecule has 0 fully saturated rings. The highest BCUT2D eigenvalue weighted by Gasteiger charge is 1.97. The van der Waals surface area contributed by atoms with Gasteiger partial charge in [0.25, 0.3) is 0 Å². The Morgan fingerprint density at radius 2 is 2.29 bits per heavy atom. The number of nitrogens with zero attached hydrogens (tertiary/aromatic N) is 1. The van der Waals surface area contributed by atoms with Crippen molar-refractivity contribution in [3.8, 4) is 11.8 Å². The number of rotatable bonds is 2. The maximum Gasteiger partial charge on any atom is 0.147 e. The van der Waals surface area contributed by atoms with Crippen LogP contribution in [0, 0.1) is 11.8 Å². The van der Waals surface area contributed by atoms with E-state index in [1.165, 1.54) is 0 Å². The summed E-state index contributed by atoms with van der Waals surface area (Å²) in [5.74, 6) is 5.95. The summed E-state index contributed by atoms with van der Waals surface area (Å²) in [7, 11) is 1.89. The van der Waals surface area contributed by atoms with E-state index in [2.05, 4.69) is 22.1 Å². The summed E-state index contributed by atoms with van der Waals surface area (Å²) in [6.45, 7) is 0.877. The molecule has 1 aromatic heterocycles. The van der Waals surface area contributed by atoms with Crippen molar-refractivity contribution >= 4 is 23.2 Å². The van der Waals surface area contributed by atoms with Gasteiger partial charge in [0.05, 0.1) is 5.02 Å². The number of hydrogen-bond acceptors (Lipinski definition) is 2. The summed E-state index contributed by atoms with van der Waals surface area (Å²) >= 11 is 11.4. The van der Waals surface area contributed by atoms with Crippen LogP contribution in [-0.4, -0.2) is 18.6 Å². The van der Waals surface area contributed by atoms with Gasteiger partial charge in [0.2, 0.25) is 0 Å². The van der Waals surface area contributed by atoms with Crippen LogP contribution in [0.2, 0.25) is 10.2 Å². The monoisotopic (exact) mass is 228 g/mol. The van der Waals surface area contributed by atoms with Crippen molar-refractivity contribution in [3.05, 3.63) is 28.0 Å². The average molecular weight is 229 g/mol. The average Bonchev–Trinajstić information content (AvgIpc) is 2.18. The minimum absolute atomic E-state index is 0.312. The maximum absolute atomic E-state index is 5.78. The number of nitrogens with one attached hydrogen (secondary N) is 1. The molecule has 0 saturated heterocycles. The third-order valence-corrected chi connectivity index (χ3v) is 2.22. The fraction of sp³-hybridized carbons (Fsp3) is 0.300. The SMILES string of the molecule is CNCCC#Cc1cnc(Cl)c(Cl)c1. The zero-order valence-electron chi connectivity index (χ0n) is 7.77. The van der Waals surface area contributed by atoms with E-state index in [4.69, 9.17) is 23.2 Å². The number of halogens is 2. The highest BCUT2D eigenvalue weighted by Crippen LogP contribution is 2.18. The predicted octanol–water partition coefficient (Wildman–Crippen LogP) is 2.35. The number of pyridine rings is 1. The topological polar surface area (TPSA) is 24.9 Å². The van der Waals surface area contributed by atoms with Crippen LogP contribution in [-0.2, 0) is 0 Å². The Bertz CT molecular complexity index is 366. The van der Waals surface area contributed by atoms with Gasteiger partial charge in [0, 0.05) is 24.7 Å². The lowest BCUT2D eigenvalue weighted by molar-refractivity contribution is 0.818.